The number of ketones is 1. The van der Waals surface area contributed by atoms with Crippen molar-refractivity contribution in [2.75, 3.05) is 25.5 Å². The lowest BCUT2D eigenvalue weighted by atomic mass is 10.0. The van der Waals surface area contributed by atoms with Crippen LogP contribution in [0.1, 0.15) is 40.1 Å². The quantitative estimate of drug-likeness (QED) is 0.787. The first-order chi connectivity index (χ1) is 12.1. The van der Waals surface area contributed by atoms with E-state index in [1.807, 2.05) is 60.3 Å². The van der Waals surface area contributed by atoms with Crippen molar-refractivity contribution in [2.45, 2.75) is 25.3 Å². The molecule has 1 aliphatic heterocycles. The Morgan fingerprint density at radius 3 is 2.68 bits per heavy atom. The van der Waals surface area contributed by atoms with Gasteiger partial charge in [-0.05, 0) is 25.0 Å². The summed E-state index contributed by atoms with van der Waals surface area (Å²) >= 11 is 0. The Hall–Kier alpha value is -2.69. The van der Waals surface area contributed by atoms with E-state index in [0.29, 0.717) is 24.2 Å². The highest BCUT2D eigenvalue weighted by molar-refractivity contribution is 5.98. The van der Waals surface area contributed by atoms with Crippen LogP contribution in [0.4, 0.5) is 5.69 Å². The molecule has 1 amide bonds. The Labute approximate surface area is 148 Å². The lowest BCUT2D eigenvalue weighted by Gasteiger charge is -2.24. The average Bonchev–Trinajstić information content (AvgIpc) is 3.10. The monoisotopic (exact) mass is 337 g/mol. The van der Waals surface area contributed by atoms with E-state index in [1.54, 1.807) is 12.3 Å². The number of amides is 1. The van der Waals surface area contributed by atoms with Crippen molar-refractivity contribution in [3.63, 3.8) is 0 Å². The molecule has 1 aromatic carbocycles. The van der Waals surface area contributed by atoms with Crippen molar-refractivity contribution in [1.82, 2.24) is 9.88 Å². The third kappa shape index (κ3) is 3.87. The summed E-state index contributed by atoms with van der Waals surface area (Å²) in [6.45, 7) is 0.680. The number of pyridine rings is 1. The molecule has 2 aromatic rings. The summed E-state index contributed by atoms with van der Waals surface area (Å²) in [7, 11) is 3.86. The molecule has 130 valence electrons. The number of benzene rings is 1. The third-order valence-electron chi connectivity index (χ3n) is 4.63. The van der Waals surface area contributed by atoms with Gasteiger partial charge >= 0.3 is 0 Å². The van der Waals surface area contributed by atoms with Crippen LogP contribution in [0.5, 0.6) is 0 Å². The van der Waals surface area contributed by atoms with Gasteiger partial charge in [0.1, 0.15) is 5.69 Å². The number of Topliss-reactive ketones (excluding diaryl/α,β-unsaturated/α-hetero) is 1. The van der Waals surface area contributed by atoms with Crippen molar-refractivity contribution >= 4 is 17.4 Å². The normalized spacial score (nSPS) is 16.7. The van der Waals surface area contributed by atoms with E-state index in [-0.39, 0.29) is 17.7 Å². The van der Waals surface area contributed by atoms with Crippen molar-refractivity contribution in [3.8, 4) is 0 Å². The zero-order chi connectivity index (χ0) is 17.8. The number of aromatic nitrogens is 1. The van der Waals surface area contributed by atoms with Gasteiger partial charge in [0.2, 0.25) is 0 Å². The highest BCUT2D eigenvalue weighted by Gasteiger charge is 2.31. The van der Waals surface area contributed by atoms with Crippen molar-refractivity contribution in [2.24, 2.45) is 0 Å². The summed E-state index contributed by atoms with van der Waals surface area (Å²) < 4.78 is 0. The number of anilines is 1. The van der Waals surface area contributed by atoms with Crippen LogP contribution in [-0.4, -0.2) is 48.3 Å². The maximum atomic E-state index is 12.9. The van der Waals surface area contributed by atoms with Crippen LogP contribution in [0.3, 0.4) is 0 Å². The Morgan fingerprint density at radius 2 is 1.96 bits per heavy atom. The van der Waals surface area contributed by atoms with Crippen LogP contribution in [0.2, 0.25) is 0 Å². The summed E-state index contributed by atoms with van der Waals surface area (Å²) in [5.74, 6) is -0.00707. The van der Waals surface area contributed by atoms with E-state index in [0.717, 1.165) is 18.5 Å². The molecular formula is C20H23N3O2. The minimum Gasteiger partial charge on any atom is -0.378 e. The largest absolute Gasteiger partial charge is 0.378 e. The van der Waals surface area contributed by atoms with E-state index in [1.165, 1.54) is 0 Å². The van der Waals surface area contributed by atoms with Crippen molar-refractivity contribution < 1.29 is 9.59 Å². The molecule has 1 aliphatic rings. The van der Waals surface area contributed by atoms with Crippen molar-refractivity contribution in [3.05, 3.63) is 59.9 Å². The molecule has 0 saturated carbocycles. The van der Waals surface area contributed by atoms with Gasteiger partial charge in [0.25, 0.3) is 5.91 Å². The molecular weight excluding hydrogens is 314 g/mol. The van der Waals surface area contributed by atoms with Gasteiger partial charge in [-0.15, -0.1) is 0 Å². The van der Waals surface area contributed by atoms with Gasteiger partial charge in [0.05, 0.1) is 0 Å². The number of carbonyl (C=O) groups excluding carboxylic acids is 2. The number of likely N-dealkylation sites (tertiary alicyclic amines) is 1. The predicted octanol–water partition coefficient (Wildman–Crippen LogP) is 3.03. The molecule has 0 spiro atoms. The minimum atomic E-state index is -0.0907. The molecule has 0 bridgehead atoms. The summed E-state index contributed by atoms with van der Waals surface area (Å²) in [5, 5.41) is 0. The number of nitrogens with zero attached hydrogens (tertiary/aromatic N) is 3. The second-order valence-electron chi connectivity index (χ2n) is 6.58. The molecule has 5 nitrogen and oxygen atoms in total. The number of rotatable bonds is 5. The van der Waals surface area contributed by atoms with Gasteiger partial charge in [-0.25, -0.2) is 0 Å². The zero-order valence-electron chi connectivity index (χ0n) is 14.7. The molecule has 1 atom stereocenters. The smallest absolute Gasteiger partial charge is 0.272 e. The van der Waals surface area contributed by atoms with Gasteiger partial charge in [0.15, 0.2) is 5.78 Å². The Morgan fingerprint density at radius 1 is 1.20 bits per heavy atom. The molecule has 1 saturated heterocycles. The van der Waals surface area contributed by atoms with Gasteiger partial charge in [-0.1, -0.05) is 30.3 Å². The molecule has 1 aromatic heterocycles. The molecule has 25 heavy (non-hydrogen) atoms. The standard InChI is InChI=1S/C20H23N3O2/c1-22(2)16-10-11-21-18(13-16)20(25)23-12-6-9-17(23)14-19(24)15-7-4-3-5-8-15/h3-5,7-8,10-11,13,17H,6,9,12,14H2,1-2H3/t17-/m1/s1. The first kappa shape index (κ1) is 17.1. The zero-order valence-corrected chi connectivity index (χ0v) is 14.7. The summed E-state index contributed by atoms with van der Waals surface area (Å²) in [5.41, 5.74) is 2.08. The Kier molecular flexibility index (Phi) is 5.12. The molecule has 0 aliphatic carbocycles. The third-order valence-corrected chi connectivity index (χ3v) is 4.63. The van der Waals surface area contributed by atoms with E-state index in [2.05, 4.69) is 4.98 Å². The number of carbonyl (C=O) groups is 2. The molecule has 3 rings (SSSR count). The first-order valence-corrected chi connectivity index (χ1v) is 8.59. The molecule has 0 radical (unpaired) electrons. The van der Waals surface area contributed by atoms with Crippen LogP contribution >= 0.6 is 0 Å². The second kappa shape index (κ2) is 7.47. The maximum absolute atomic E-state index is 12.9. The number of hydrogen-bond acceptors (Lipinski definition) is 4. The average molecular weight is 337 g/mol. The SMILES string of the molecule is CN(C)c1ccnc(C(=O)N2CCC[C@@H]2CC(=O)c2ccccc2)c1. The summed E-state index contributed by atoms with van der Waals surface area (Å²) in [6.07, 6.45) is 3.80. The van der Waals surface area contributed by atoms with Gasteiger partial charge in [0, 0.05) is 50.6 Å². The van der Waals surface area contributed by atoms with Crippen LogP contribution in [-0.2, 0) is 0 Å². The summed E-state index contributed by atoms with van der Waals surface area (Å²) in [4.78, 5) is 33.4. The Bertz CT molecular complexity index is 759. The van der Waals surface area contributed by atoms with Crippen LogP contribution in [0.15, 0.2) is 48.7 Å². The molecule has 5 heteroatoms. The molecule has 0 N–H and O–H groups in total. The fraction of sp³-hybridized carbons (Fsp3) is 0.350. The predicted molar refractivity (Wildman–Crippen MR) is 98.0 cm³/mol. The van der Waals surface area contributed by atoms with E-state index in [4.69, 9.17) is 0 Å². The molecule has 0 unspecified atom stereocenters. The molecule has 2 heterocycles. The van der Waals surface area contributed by atoms with Crippen LogP contribution in [0.25, 0.3) is 0 Å². The fourth-order valence-electron chi connectivity index (χ4n) is 3.23. The van der Waals surface area contributed by atoms with E-state index < -0.39 is 0 Å². The fourth-order valence-corrected chi connectivity index (χ4v) is 3.23. The Balaban J connectivity index is 1.74. The summed E-state index contributed by atoms with van der Waals surface area (Å²) in [6, 6.07) is 12.9. The van der Waals surface area contributed by atoms with Crippen LogP contribution < -0.4 is 4.90 Å². The highest BCUT2D eigenvalue weighted by atomic mass is 16.2. The minimum absolute atomic E-state index is 0.0509. The highest BCUT2D eigenvalue weighted by Crippen LogP contribution is 2.24. The van der Waals surface area contributed by atoms with Gasteiger partial charge < -0.3 is 9.80 Å². The number of hydrogen-bond donors (Lipinski definition) is 0. The van der Waals surface area contributed by atoms with Gasteiger partial charge in [-0.2, -0.15) is 0 Å². The van der Waals surface area contributed by atoms with Gasteiger partial charge in [-0.3, -0.25) is 14.6 Å². The van der Waals surface area contributed by atoms with E-state index in [9.17, 15) is 9.59 Å². The molecule has 1 fully saturated rings. The second-order valence-corrected chi connectivity index (χ2v) is 6.58. The first-order valence-electron chi connectivity index (χ1n) is 8.59. The topological polar surface area (TPSA) is 53.5 Å². The van der Waals surface area contributed by atoms with E-state index >= 15 is 0 Å². The lowest BCUT2D eigenvalue weighted by Crippen LogP contribution is -2.37. The maximum Gasteiger partial charge on any atom is 0.272 e. The van der Waals surface area contributed by atoms with Crippen molar-refractivity contribution in [1.29, 1.82) is 0 Å². The lowest BCUT2D eigenvalue weighted by molar-refractivity contribution is 0.0711. The van der Waals surface area contributed by atoms with Crippen LogP contribution in [0, 0.1) is 0 Å².